The van der Waals surface area contributed by atoms with Gasteiger partial charge in [-0.2, -0.15) is 5.26 Å². The van der Waals surface area contributed by atoms with E-state index in [9.17, 15) is 4.79 Å². The van der Waals surface area contributed by atoms with Crippen molar-refractivity contribution >= 4 is 17.7 Å². The van der Waals surface area contributed by atoms with Crippen molar-refractivity contribution in [2.24, 2.45) is 5.92 Å². The van der Waals surface area contributed by atoms with Gasteiger partial charge in [0.1, 0.15) is 0 Å². The van der Waals surface area contributed by atoms with E-state index in [4.69, 9.17) is 5.26 Å². The Morgan fingerprint density at radius 2 is 1.65 bits per heavy atom. The van der Waals surface area contributed by atoms with E-state index in [1.165, 1.54) is 25.9 Å². The summed E-state index contributed by atoms with van der Waals surface area (Å²) in [5, 5.41) is 12.1. The highest BCUT2D eigenvalue weighted by atomic mass is 32.2. The minimum Gasteiger partial charge on any atom is -0.348 e. The summed E-state index contributed by atoms with van der Waals surface area (Å²) < 4.78 is 0. The molecule has 5 rings (SSSR count). The Hall–Kier alpha value is -2.29. The van der Waals surface area contributed by atoms with Crippen molar-refractivity contribution in [3.8, 4) is 6.07 Å². The monoisotopic (exact) mass is 363 g/mol. The Kier molecular flexibility index (Phi) is 4.96. The number of hydrogen-bond donors (Lipinski definition) is 1. The molecule has 3 saturated heterocycles. The zero-order valence-electron chi connectivity index (χ0n) is 14.5. The summed E-state index contributed by atoms with van der Waals surface area (Å²) in [5.74, 6) is 0.661. The van der Waals surface area contributed by atoms with Crippen LogP contribution in [0.4, 0.5) is 0 Å². The molecule has 1 N–H and O–H groups in total. The second-order valence-corrected chi connectivity index (χ2v) is 8.13. The van der Waals surface area contributed by atoms with Crippen LogP contribution in [0, 0.1) is 17.2 Å². The number of benzene rings is 2. The second-order valence-electron chi connectivity index (χ2n) is 6.98. The number of hydrogen-bond acceptors (Lipinski definition) is 4. The number of carbonyl (C=O) groups is 1. The molecule has 26 heavy (non-hydrogen) atoms. The second kappa shape index (κ2) is 7.53. The van der Waals surface area contributed by atoms with Gasteiger partial charge in [-0.1, -0.05) is 11.8 Å². The molecule has 132 valence electrons. The maximum Gasteiger partial charge on any atom is 0.251 e. The fourth-order valence-corrected chi connectivity index (χ4v) is 4.60. The highest BCUT2D eigenvalue weighted by Gasteiger charge is 2.34. The summed E-state index contributed by atoms with van der Waals surface area (Å²) in [7, 11) is 0. The van der Waals surface area contributed by atoms with Crippen LogP contribution in [0.5, 0.6) is 0 Å². The molecule has 0 radical (unpaired) electrons. The van der Waals surface area contributed by atoms with Gasteiger partial charge in [-0.05, 0) is 80.4 Å². The van der Waals surface area contributed by atoms with Crippen LogP contribution in [0.3, 0.4) is 0 Å². The Morgan fingerprint density at radius 1 is 1.04 bits per heavy atom. The number of rotatable bonds is 4. The molecule has 0 spiro atoms. The van der Waals surface area contributed by atoms with Gasteiger partial charge in [-0.15, -0.1) is 0 Å². The van der Waals surface area contributed by atoms with E-state index in [0.717, 1.165) is 16.3 Å². The molecule has 0 saturated carbocycles. The normalized spacial score (nSPS) is 24.0. The maximum atomic E-state index is 12.6. The summed E-state index contributed by atoms with van der Waals surface area (Å²) in [4.78, 5) is 17.2. The number of piperidine rings is 3. The van der Waals surface area contributed by atoms with Crippen molar-refractivity contribution in [1.29, 1.82) is 5.26 Å². The van der Waals surface area contributed by atoms with Gasteiger partial charge in [0.2, 0.25) is 0 Å². The number of fused-ring (bicyclic) bond motifs is 3. The highest BCUT2D eigenvalue weighted by Crippen LogP contribution is 2.29. The number of nitriles is 1. The molecule has 3 aliphatic heterocycles. The van der Waals surface area contributed by atoms with E-state index in [2.05, 4.69) is 16.3 Å². The van der Waals surface area contributed by atoms with E-state index in [-0.39, 0.29) is 11.9 Å². The lowest BCUT2D eigenvalue weighted by Gasteiger charge is -2.44. The third kappa shape index (κ3) is 3.77. The number of carbonyl (C=O) groups excluding carboxylic acids is 1. The van der Waals surface area contributed by atoms with Gasteiger partial charge in [0.25, 0.3) is 5.91 Å². The third-order valence-electron chi connectivity index (χ3n) is 5.31. The largest absolute Gasteiger partial charge is 0.348 e. The summed E-state index contributed by atoms with van der Waals surface area (Å²) in [6.07, 6.45) is 2.40. The maximum absolute atomic E-state index is 12.6. The molecule has 0 unspecified atom stereocenters. The molecular formula is C21H21N3OS. The standard InChI is InChI=1S/C21H21N3OS/c22-13-15-1-5-18(6-2-15)26-19-7-3-17(4-8-19)21(25)23-20-14-24-11-9-16(20)10-12-24/h1-8,16,20H,9-12,14H2,(H,23,25)/t20-/m0/s1. The molecular weight excluding hydrogens is 342 g/mol. The molecule has 2 aromatic carbocycles. The summed E-state index contributed by atoms with van der Waals surface area (Å²) in [5.41, 5.74) is 1.37. The zero-order valence-corrected chi connectivity index (χ0v) is 15.3. The Bertz CT molecular complexity index is 818. The first kappa shape index (κ1) is 17.1. The fraction of sp³-hybridized carbons (Fsp3) is 0.333. The first-order valence-electron chi connectivity index (χ1n) is 9.02. The van der Waals surface area contributed by atoms with E-state index in [1.54, 1.807) is 11.8 Å². The molecule has 1 atom stereocenters. The lowest BCUT2D eigenvalue weighted by molar-refractivity contribution is 0.0620. The van der Waals surface area contributed by atoms with E-state index < -0.39 is 0 Å². The van der Waals surface area contributed by atoms with Crippen LogP contribution in [-0.4, -0.2) is 36.5 Å². The van der Waals surface area contributed by atoms with Gasteiger partial charge in [0, 0.05) is 27.9 Å². The first-order chi connectivity index (χ1) is 12.7. The molecule has 2 aromatic rings. The molecule has 3 heterocycles. The lowest BCUT2D eigenvalue weighted by Crippen LogP contribution is -2.57. The Morgan fingerprint density at radius 3 is 2.19 bits per heavy atom. The predicted molar refractivity (Wildman–Crippen MR) is 102 cm³/mol. The van der Waals surface area contributed by atoms with E-state index in [1.807, 2.05) is 48.5 Å². The molecule has 0 aromatic heterocycles. The smallest absolute Gasteiger partial charge is 0.251 e. The third-order valence-corrected chi connectivity index (χ3v) is 6.32. The van der Waals surface area contributed by atoms with Crippen LogP contribution in [-0.2, 0) is 0 Å². The van der Waals surface area contributed by atoms with Gasteiger partial charge in [0.05, 0.1) is 11.6 Å². The predicted octanol–water partition coefficient (Wildman–Crippen LogP) is 3.53. The number of amides is 1. The van der Waals surface area contributed by atoms with Crippen molar-refractivity contribution < 1.29 is 4.79 Å². The Labute approximate surface area is 158 Å². The average Bonchev–Trinajstić information content (AvgIpc) is 2.70. The quantitative estimate of drug-likeness (QED) is 0.903. The van der Waals surface area contributed by atoms with Gasteiger partial charge in [-0.25, -0.2) is 0 Å². The van der Waals surface area contributed by atoms with Gasteiger partial charge >= 0.3 is 0 Å². The van der Waals surface area contributed by atoms with Crippen LogP contribution >= 0.6 is 11.8 Å². The van der Waals surface area contributed by atoms with Crippen molar-refractivity contribution in [3.63, 3.8) is 0 Å². The van der Waals surface area contributed by atoms with E-state index >= 15 is 0 Å². The summed E-state index contributed by atoms with van der Waals surface area (Å²) in [6, 6.07) is 17.7. The molecule has 3 fully saturated rings. The fourth-order valence-electron chi connectivity index (χ4n) is 3.79. The molecule has 2 bridgehead atoms. The summed E-state index contributed by atoms with van der Waals surface area (Å²) >= 11 is 1.62. The average molecular weight is 363 g/mol. The van der Waals surface area contributed by atoms with Crippen LogP contribution in [0.25, 0.3) is 0 Å². The molecule has 3 aliphatic rings. The van der Waals surface area contributed by atoms with Crippen LogP contribution in [0.15, 0.2) is 58.3 Å². The molecule has 0 aliphatic carbocycles. The van der Waals surface area contributed by atoms with Crippen molar-refractivity contribution in [3.05, 3.63) is 59.7 Å². The summed E-state index contributed by atoms with van der Waals surface area (Å²) in [6.45, 7) is 3.35. The van der Waals surface area contributed by atoms with Crippen molar-refractivity contribution in [2.45, 2.75) is 28.7 Å². The van der Waals surface area contributed by atoms with Gasteiger partial charge in [-0.3, -0.25) is 4.79 Å². The molecule has 1 amide bonds. The molecule has 4 nitrogen and oxygen atoms in total. The number of nitrogens with zero attached hydrogens (tertiary/aromatic N) is 2. The lowest BCUT2D eigenvalue weighted by atomic mass is 9.84. The number of nitrogens with one attached hydrogen (secondary N) is 1. The van der Waals surface area contributed by atoms with Gasteiger partial charge in [0.15, 0.2) is 0 Å². The highest BCUT2D eigenvalue weighted by molar-refractivity contribution is 7.99. The first-order valence-corrected chi connectivity index (χ1v) is 9.84. The Balaban J connectivity index is 1.37. The molecule has 5 heteroatoms. The topological polar surface area (TPSA) is 56.1 Å². The van der Waals surface area contributed by atoms with Crippen LogP contribution < -0.4 is 5.32 Å². The van der Waals surface area contributed by atoms with Crippen LogP contribution in [0.1, 0.15) is 28.8 Å². The van der Waals surface area contributed by atoms with Crippen molar-refractivity contribution in [1.82, 2.24) is 10.2 Å². The van der Waals surface area contributed by atoms with E-state index in [0.29, 0.717) is 17.0 Å². The van der Waals surface area contributed by atoms with Crippen molar-refractivity contribution in [2.75, 3.05) is 19.6 Å². The van der Waals surface area contributed by atoms with Gasteiger partial charge < -0.3 is 10.2 Å². The SMILES string of the molecule is N#Cc1ccc(Sc2ccc(C(=O)N[C@H]3CN4CCC3CC4)cc2)cc1. The van der Waals surface area contributed by atoms with Crippen LogP contribution in [0.2, 0.25) is 0 Å². The zero-order chi connectivity index (χ0) is 17.9. The minimum absolute atomic E-state index is 0.0265. The minimum atomic E-state index is 0.0265.